The molecule has 3 rings (SSSR count). The second-order valence-corrected chi connectivity index (χ2v) is 6.34. The number of benzene rings is 1. The van der Waals surface area contributed by atoms with E-state index in [1.54, 1.807) is 0 Å². The first-order chi connectivity index (χ1) is 10.6. The Hall–Kier alpha value is -1.65. The third kappa shape index (κ3) is 3.39. The fraction of sp³-hybridized carbons (Fsp3) is 0.500. The van der Waals surface area contributed by atoms with Crippen LogP contribution >= 0.6 is 0 Å². The maximum absolute atomic E-state index is 9.95. The van der Waals surface area contributed by atoms with Gasteiger partial charge in [-0.3, -0.25) is 0 Å². The molecule has 4 heteroatoms. The van der Waals surface area contributed by atoms with Gasteiger partial charge < -0.3 is 14.4 Å². The predicted molar refractivity (Wildman–Crippen MR) is 86.4 cm³/mol. The summed E-state index contributed by atoms with van der Waals surface area (Å²) in [7, 11) is 2.08. The molecule has 2 atom stereocenters. The summed E-state index contributed by atoms with van der Waals surface area (Å²) in [6, 6.07) is 9.98. The van der Waals surface area contributed by atoms with Gasteiger partial charge in [-0.15, -0.1) is 0 Å². The molecule has 1 saturated carbocycles. The summed E-state index contributed by atoms with van der Waals surface area (Å²) in [5, 5.41) is 9.95. The maximum atomic E-state index is 9.95. The Morgan fingerprint density at radius 2 is 2.05 bits per heavy atom. The van der Waals surface area contributed by atoms with E-state index in [0.29, 0.717) is 11.8 Å². The highest BCUT2D eigenvalue weighted by Crippen LogP contribution is 2.27. The highest BCUT2D eigenvalue weighted by molar-refractivity contribution is 5.53. The molecular formula is C18H24N2O2. The molecule has 0 saturated heterocycles. The Bertz CT molecular complexity index is 609. The van der Waals surface area contributed by atoms with Crippen LogP contribution in [0.3, 0.4) is 0 Å². The average Bonchev–Trinajstić information content (AvgIpc) is 3.07. The molecule has 0 aliphatic heterocycles. The Morgan fingerprint density at radius 1 is 1.27 bits per heavy atom. The van der Waals surface area contributed by atoms with Gasteiger partial charge in [-0.2, -0.15) is 0 Å². The van der Waals surface area contributed by atoms with Crippen LogP contribution in [0.1, 0.15) is 30.7 Å². The van der Waals surface area contributed by atoms with E-state index in [-0.39, 0.29) is 6.10 Å². The van der Waals surface area contributed by atoms with Crippen LogP contribution in [0.4, 0.5) is 0 Å². The lowest BCUT2D eigenvalue weighted by atomic mass is 10.1. The Kier molecular flexibility index (Phi) is 4.60. The third-order valence-corrected chi connectivity index (χ3v) is 4.50. The first kappa shape index (κ1) is 15.3. The number of aliphatic hydroxyl groups is 1. The van der Waals surface area contributed by atoms with E-state index in [1.807, 2.05) is 37.3 Å². The van der Waals surface area contributed by atoms with Gasteiger partial charge in [0, 0.05) is 18.7 Å². The predicted octanol–water partition coefficient (Wildman–Crippen LogP) is 3.24. The number of aliphatic hydroxyl groups excluding tert-OH is 1. The Morgan fingerprint density at radius 3 is 2.73 bits per heavy atom. The van der Waals surface area contributed by atoms with Crippen molar-refractivity contribution in [1.82, 2.24) is 9.88 Å². The molecule has 0 spiro atoms. The van der Waals surface area contributed by atoms with Gasteiger partial charge >= 0.3 is 0 Å². The number of rotatable bonds is 5. The normalized spacial score (nSPS) is 21.6. The zero-order valence-corrected chi connectivity index (χ0v) is 13.3. The van der Waals surface area contributed by atoms with Gasteiger partial charge in [-0.25, -0.2) is 4.98 Å². The van der Waals surface area contributed by atoms with E-state index in [4.69, 9.17) is 4.42 Å². The van der Waals surface area contributed by atoms with Crippen molar-refractivity contribution in [3.63, 3.8) is 0 Å². The molecule has 2 aromatic rings. The van der Waals surface area contributed by atoms with Crippen LogP contribution < -0.4 is 0 Å². The number of oxazole rings is 1. The lowest BCUT2D eigenvalue weighted by molar-refractivity contribution is 0.107. The second kappa shape index (κ2) is 6.63. The molecule has 1 aromatic heterocycles. The van der Waals surface area contributed by atoms with Gasteiger partial charge in [0.2, 0.25) is 5.89 Å². The zero-order chi connectivity index (χ0) is 15.5. The SMILES string of the molecule is Cc1oc(-c2ccccc2)nc1CN(C)CC1CCCC1O. The highest BCUT2D eigenvalue weighted by Gasteiger charge is 2.26. The van der Waals surface area contributed by atoms with Crippen LogP contribution in [0.15, 0.2) is 34.7 Å². The van der Waals surface area contributed by atoms with Crippen molar-refractivity contribution in [2.75, 3.05) is 13.6 Å². The topological polar surface area (TPSA) is 49.5 Å². The van der Waals surface area contributed by atoms with Crippen molar-refractivity contribution in [3.8, 4) is 11.5 Å². The molecule has 1 heterocycles. The molecule has 4 nitrogen and oxygen atoms in total. The molecular weight excluding hydrogens is 276 g/mol. The van der Waals surface area contributed by atoms with Crippen molar-refractivity contribution in [2.45, 2.75) is 38.8 Å². The van der Waals surface area contributed by atoms with E-state index in [9.17, 15) is 5.11 Å². The van der Waals surface area contributed by atoms with Gasteiger partial charge in [0.05, 0.1) is 11.8 Å². The molecule has 1 fully saturated rings. The van der Waals surface area contributed by atoms with E-state index >= 15 is 0 Å². The molecule has 0 amide bonds. The standard InChI is InChI=1S/C18H24N2O2/c1-13-16(12-20(2)11-15-9-6-10-17(15)21)19-18(22-13)14-7-4-3-5-8-14/h3-5,7-8,15,17,21H,6,9-12H2,1-2H3. The molecule has 1 aromatic carbocycles. The fourth-order valence-electron chi connectivity index (χ4n) is 3.23. The van der Waals surface area contributed by atoms with Gasteiger partial charge in [0.1, 0.15) is 5.76 Å². The number of hydrogen-bond donors (Lipinski definition) is 1. The highest BCUT2D eigenvalue weighted by atomic mass is 16.4. The van der Waals surface area contributed by atoms with Gasteiger partial charge in [0.25, 0.3) is 0 Å². The summed E-state index contributed by atoms with van der Waals surface area (Å²) >= 11 is 0. The lowest BCUT2D eigenvalue weighted by Gasteiger charge is -2.22. The molecule has 1 aliphatic rings. The number of aryl methyl sites for hydroxylation is 1. The van der Waals surface area contributed by atoms with Gasteiger partial charge in [0.15, 0.2) is 0 Å². The lowest BCUT2D eigenvalue weighted by Crippen LogP contribution is -2.29. The molecule has 1 N–H and O–H groups in total. The first-order valence-corrected chi connectivity index (χ1v) is 8.02. The van der Waals surface area contributed by atoms with Crippen LogP contribution in [0, 0.1) is 12.8 Å². The van der Waals surface area contributed by atoms with Crippen molar-refractivity contribution in [3.05, 3.63) is 41.8 Å². The van der Waals surface area contributed by atoms with Crippen molar-refractivity contribution >= 4 is 0 Å². The van der Waals surface area contributed by atoms with Gasteiger partial charge in [-0.1, -0.05) is 24.6 Å². The summed E-state index contributed by atoms with van der Waals surface area (Å²) in [5.74, 6) is 1.95. The van der Waals surface area contributed by atoms with Crippen LogP contribution in [0.5, 0.6) is 0 Å². The minimum Gasteiger partial charge on any atom is -0.441 e. The van der Waals surface area contributed by atoms with Crippen LogP contribution in [0.25, 0.3) is 11.5 Å². The quantitative estimate of drug-likeness (QED) is 0.921. The second-order valence-electron chi connectivity index (χ2n) is 6.34. The monoisotopic (exact) mass is 300 g/mol. The van der Waals surface area contributed by atoms with Crippen LogP contribution in [-0.2, 0) is 6.54 Å². The Labute approximate surface area is 131 Å². The fourth-order valence-corrected chi connectivity index (χ4v) is 3.23. The summed E-state index contributed by atoms with van der Waals surface area (Å²) in [5.41, 5.74) is 1.99. The van der Waals surface area contributed by atoms with Crippen molar-refractivity contribution in [2.24, 2.45) is 5.92 Å². The molecule has 1 aliphatic carbocycles. The van der Waals surface area contributed by atoms with E-state index in [0.717, 1.165) is 49.4 Å². The zero-order valence-electron chi connectivity index (χ0n) is 13.3. The number of hydrogen-bond acceptors (Lipinski definition) is 4. The summed E-state index contributed by atoms with van der Waals surface area (Å²) < 4.78 is 5.81. The number of nitrogens with zero attached hydrogens (tertiary/aromatic N) is 2. The summed E-state index contributed by atoms with van der Waals surface area (Å²) in [6.45, 7) is 3.63. The Balaban J connectivity index is 1.66. The van der Waals surface area contributed by atoms with Crippen molar-refractivity contribution < 1.29 is 9.52 Å². The van der Waals surface area contributed by atoms with E-state index < -0.39 is 0 Å². The minimum atomic E-state index is -0.138. The molecule has 118 valence electrons. The molecule has 2 unspecified atom stereocenters. The summed E-state index contributed by atoms with van der Waals surface area (Å²) in [6.07, 6.45) is 3.07. The largest absolute Gasteiger partial charge is 0.441 e. The van der Waals surface area contributed by atoms with Crippen LogP contribution in [-0.4, -0.2) is 34.7 Å². The first-order valence-electron chi connectivity index (χ1n) is 8.02. The average molecular weight is 300 g/mol. The maximum Gasteiger partial charge on any atom is 0.226 e. The molecule has 0 radical (unpaired) electrons. The van der Waals surface area contributed by atoms with Crippen LogP contribution in [0.2, 0.25) is 0 Å². The molecule has 0 bridgehead atoms. The van der Waals surface area contributed by atoms with E-state index in [2.05, 4.69) is 16.9 Å². The minimum absolute atomic E-state index is 0.138. The van der Waals surface area contributed by atoms with Gasteiger partial charge in [-0.05, 0) is 44.9 Å². The third-order valence-electron chi connectivity index (χ3n) is 4.50. The molecule has 22 heavy (non-hydrogen) atoms. The smallest absolute Gasteiger partial charge is 0.226 e. The summed E-state index contributed by atoms with van der Waals surface area (Å²) in [4.78, 5) is 6.88. The van der Waals surface area contributed by atoms with Crippen molar-refractivity contribution in [1.29, 1.82) is 0 Å². The van der Waals surface area contributed by atoms with E-state index in [1.165, 1.54) is 0 Å². The number of aromatic nitrogens is 1.